The van der Waals surface area contributed by atoms with Crippen LogP contribution in [0.15, 0.2) is 79.6 Å². The zero-order chi connectivity index (χ0) is 57.4. The Morgan fingerprint density at radius 2 is 1.45 bits per heavy atom. The second-order valence-corrected chi connectivity index (χ2v) is 24.7. The number of anilines is 3. The van der Waals surface area contributed by atoms with Gasteiger partial charge in [-0.2, -0.15) is 0 Å². The molecule has 21 heteroatoms. The van der Waals surface area contributed by atoms with Gasteiger partial charge >= 0.3 is 6.03 Å². The highest BCUT2D eigenvalue weighted by atomic mass is 16.6. The van der Waals surface area contributed by atoms with Gasteiger partial charge in [-0.05, 0) is 118 Å². The molecule has 80 heavy (non-hydrogen) atoms. The maximum absolute atomic E-state index is 12.4. The largest absolute Gasteiger partial charge is 0.398 e. The Labute approximate surface area is 468 Å². The summed E-state index contributed by atoms with van der Waals surface area (Å²) in [6.07, 6.45) is 4.22. The van der Waals surface area contributed by atoms with Gasteiger partial charge in [0.15, 0.2) is 23.9 Å². The number of nitrogens with zero attached hydrogens (tertiary/aromatic N) is 9. The van der Waals surface area contributed by atoms with E-state index in [-0.39, 0.29) is 34.8 Å². The van der Waals surface area contributed by atoms with E-state index in [9.17, 15) is 25.2 Å². The van der Waals surface area contributed by atoms with E-state index in [0.717, 1.165) is 60.0 Å². The minimum atomic E-state index is -1.11. The second kappa shape index (κ2) is 24.0. The Hall–Kier alpha value is -6.30. The number of benzene rings is 2. The van der Waals surface area contributed by atoms with Crippen molar-refractivity contribution in [3.05, 3.63) is 96.6 Å². The summed E-state index contributed by atoms with van der Waals surface area (Å²) in [7, 11) is 0. The van der Waals surface area contributed by atoms with E-state index in [1.165, 1.54) is 23.8 Å². The molecule has 1 saturated carbocycles. The van der Waals surface area contributed by atoms with Crippen LogP contribution in [0.1, 0.15) is 124 Å². The molecular formula is C59H84N14O7. The molecule has 3 fully saturated rings. The van der Waals surface area contributed by atoms with Gasteiger partial charge in [0.2, 0.25) is 0 Å². The van der Waals surface area contributed by atoms with Crippen molar-refractivity contribution in [2.24, 2.45) is 5.92 Å². The minimum absolute atomic E-state index is 0.0596. The smallest absolute Gasteiger partial charge is 0.319 e. The summed E-state index contributed by atoms with van der Waals surface area (Å²) < 4.78 is 15.7. The van der Waals surface area contributed by atoms with Crippen LogP contribution in [0.25, 0.3) is 33.2 Å². The molecule has 2 aliphatic heterocycles. The van der Waals surface area contributed by atoms with E-state index < -0.39 is 49.1 Å². The lowest BCUT2D eigenvalue weighted by atomic mass is 9.76. The van der Waals surface area contributed by atoms with Gasteiger partial charge in [-0.25, -0.2) is 29.7 Å². The van der Waals surface area contributed by atoms with Crippen molar-refractivity contribution in [2.45, 2.75) is 179 Å². The zero-order valence-corrected chi connectivity index (χ0v) is 48.0. The van der Waals surface area contributed by atoms with Gasteiger partial charge in [0.05, 0.1) is 17.4 Å². The van der Waals surface area contributed by atoms with Gasteiger partial charge < -0.3 is 61.6 Å². The summed E-state index contributed by atoms with van der Waals surface area (Å²) in [4.78, 5) is 42.2. The molecule has 8 atom stereocenters. The molecule has 2 saturated heterocycles. The van der Waals surface area contributed by atoms with Crippen LogP contribution < -0.4 is 22.1 Å². The lowest BCUT2D eigenvalue weighted by Gasteiger charge is -2.46. The number of nitrogens with two attached hydrogens (primary N) is 2. The first-order valence-corrected chi connectivity index (χ1v) is 28.3. The Bertz CT molecular complexity index is 3190. The number of urea groups is 1. The van der Waals surface area contributed by atoms with Gasteiger partial charge in [-0.3, -0.25) is 14.4 Å². The summed E-state index contributed by atoms with van der Waals surface area (Å²) in [5.41, 5.74) is 19.7. The number of pyridine rings is 1. The molecule has 2 amide bonds. The molecule has 1 aliphatic carbocycles. The number of aryl methyl sites for hydroxylation is 1. The van der Waals surface area contributed by atoms with E-state index in [1.54, 1.807) is 27.6 Å². The number of nitrogens with one attached hydrogen (secondary N) is 3. The number of amides is 2. The normalized spacial score (nSPS) is 24.4. The first kappa shape index (κ1) is 58.4. The molecule has 432 valence electrons. The lowest BCUT2D eigenvalue weighted by Crippen LogP contribution is -2.52. The molecule has 0 bridgehead atoms. The zero-order valence-electron chi connectivity index (χ0n) is 48.0. The first-order chi connectivity index (χ1) is 37.9. The Morgan fingerprint density at radius 1 is 0.787 bits per heavy atom. The van der Waals surface area contributed by atoms with Crippen LogP contribution in [-0.4, -0.2) is 156 Å². The number of fused-ring (bicyclic) bond motifs is 3. The lowest BCUT2D eigenvalue weighted by molar-refractivity contribution is -0.0620. The Kier molecular flexibility index (Phi) is 17.5. The number of ether oxygens (including phenoxy) is 2. The van der Waals surface area contributed by atoms with Gasteiger partial charge in [0, 0.05) is 79.9 Å². The van der Waals surface area contributed by atoms with Crippen LogP contribution in [0.2, 0.25) is 0 Å². The van der Waals surface area contributed by atoms with Crippen LogP contribution >= 0.6 is 0 Å². The fraction of sp³-hybridized carbons (Fsp3) is 0.559. The van der Waals surface area contributed by atoms with Gasteiger partial charge in [0.1, 0.15) is 59.9 Å². The van der Waals surface area contributed by atoms with Crippen molar-refractivity contribution in [3.63, 3.8) is 0 Å². The topological polar surface area (TPSA) is 289 Å². The van der Waals surface area contributed by atoms with Crippen molar-refractivity contribution in [1.29, 1.82) is 0 Å². The van der Waals surface area contributed by atoms with Gasteiger partial charge in [0.25, 0.3) is 0 Å². The molecule has 0 spiro atoms. The van der Waals surface area contributed by atoms with Crippen LogP contribution in [0.4, 0.5) is 22.0 Å². The fourth-order valence-corrected chi connectivity index (χ4v) is 11.2. The highest BCUT2D eigenvalue weighted by Crippen LogP contribution is 2.39. The summed E-state index contributed by atoms with van der Waals surface area (Å²) >= 11 is 0. The number of aromatic amines is 1. The number of hydrogen-bond donors (Lipinski definition) is 9. The SMILES string of the molecule is CC(C)N(CCCNC(=O)Nc1ccc(C(C)(C)C)cc1)C[C@H]1OC(n2ccc3c(N)ccnc32)[C@H](O)[C@@H]1O.CC(C)N(C[C@H]1OC(n2cnc3c(N)ncnc32)[C@H](O)[C@@H]1O)C1CC(CCc2nc3ccc(C(C)(C)C)cc3[nH]2)C1. The molecule has 11 N–H and O–H groups in total. The third-order valence-corrected chi connectivity index (χ3v) is 16.2. The molecule has 7 aromatic rings. The molecule has 21 nitrogen and oxygen atoms in total. The molecule has 10 rings (SSSR count). The average molecular weight is 1100 g/mol. The van der Waals surface area contributed by atoms with E-state index in [0.29, 0.717) is 60.6 Å². The fourth-order valence-electron chi connectivity index (χ4n) is 11.2. The van der Waals surface area contributed by atoms with Crippen molar-refractivity contribution in [1.82, 2.24) is 54.2 Å². The number of H-pyrrole nitrogens is 1. The number of aliphatic hydroxyl groups excluding tert-OH is 4. The van der Waals surface area contributed by atoms with Crippen molar-refractivity contribution in [3.8, 4) is 0 Å². The van der Waals surface area contributed by atoms with Gasteiger partial charge in [-0.15, -0.1) is 0 Å². The molecule has 2 unspecified atom stereocenters. The quantitative estimate of drug-likeness (QED) is 0.0425. The number of carbonyl (C=O) groups excluding carboxylic acids is 1. The Balaban J connectivity index is 0.000000194. The standard InChI is InChI=1S/C30H42N8O3.C29H42N6O4/c1-16(2)37(13-22-25(39)26(40)29(41-22)38-15-34-24-27(31)32-14-33-28(24)38)19-10-17(11-19)6-9-23-35-20-8-7-18(30(3,4)5)12-21(20)36-23;1-18(2)34(15-6-13-32-28(38)33-20-9-7-19(8-10-20)29(3,4)5)17-23-24(36)25(37)27(39-23)35-16-12-21-22(30)11-14-31-26(21)35/h7-8,12,14-17,19,22,25-26,29,39-40H,6,9-11,13H2,1-5H3,(H,35,36)(H2,31,32,33);7-12,14,16,18,23-25,27,36-37H,6,13,15,17H2,1-5H3,(H2,30,31)(H2,32,33,38)/t17?,19?,22-,25-,26-,29?;23-,24-,25-,27?/m11/s1. The number of rotatable bonds is 17. The predicted octanol–water partition coefficient (Wildman–Crippen LogP) is 6.78. The maximum Gasteiger partial charge on any atom is 0.319 e. The van der Waals surface area contributed by atoms with Crippen LogP contribution in [0.3, 0.4) is 0 Å². The highest BCUT2D eigenvalue weighted by Gasteiger charge is 2.47. The molecule has 3 aliphatic rings. The number of aliphatic hydroxyl groups is 4. The summed E-state index contributed by atoms with van der Waals surface area (Å²) in [6.45, 7) is 23.8. The summed E-state index contributed by atoms with van der Waals surface area (Å²) in [6, 6.07) is 18.6. The number of aromatic nitrogens is 8. The molecular weight excluding hydrogens is 1020 g/mol. The van der Waals surface area contributed by atoms with Crippen molar-refractivity contribution >= 4 is 56.5 Å². The third-order valence-electron chi connectivity index (χ3n) is 16.2. The number of hydrogen-bond acceptors (Lipinski definition) is 16. The maximum atomic E-state index is 12.4. The molecule has 7 heterocycles. The number of nitrogen functional groups attached to an aromatic ring is 2. The Morgan fingerprint density at radius 3 is 2.11 bits per heavy atom. The molecule has 0 radical (unpaired) electrons. The monoisotopic (exact) mass is 1100 g/mol. The molecule has 5 aromatic heterocycles. The van der Waals surface area contributed by atoms with E-state index in [4.69, 9.17) is 25.9 Å². The highest BCUT2D eigenvalue weighted by molar-refractivity contribution is 5.89. The predicted molar refractivity (Wildman–Crippen MR) is 311 cm³/mol. The first-order valence-electron chi connectivity index (χ1n) is 28.3. The average Bonchev–Trinajstić information content (AvgIpc) is 4.23. The van der Waals surface area contributed by atoms with Crippen LogP contribution in [-0.2, 0) is 26.7 Å². The van der Waals surface area contributed by atoms with E-state index >= 15 is 0 Å². The summed E-state index contributed by atoms with van der Waals surface area (Å²) in [5, 5.41) is 50.0. The van der Waals surface area contributed by atoms with Crippen LogP contribution in [0.5, 0.6) is 0 Å². The van der Waals surface area contributed by atoms with Crippen molar-refractivity contribution in [2.75, 3.05) is 43.0 Å². The number of imidazole rings is 2. The number of carbonyl (C=O) groups is 1. The van der Waals surface area contributed by atoms with Crippen LogP contribution in [0, 0.1) is 5.92 Å². The van der Waals surface area contributed by atoms with Crippen molar-refractivity contribution < 1.29 is 34.7 Å². The third kappa shape index (κ3) is 12.9. The minimum Gasteiger partial charge on any atom is -0.398 e. The summed E-state index contributed by atoms with van der Waals surface area (Å²) in [5.74, 6) is 1.95. The molecule has 2 aromatic carbocycles. The van der Waals surface area contributed by atoms with E-state index in [1.807, 2.05) is 30.3 Å². The second-order valence-electron chi connectivity index (χ2n) is 24.7. The van der Waals surface area contributed by atoms with E-state index in [2.05, 4.69) is 133 Å². The van der Waals surface area contributed by atoms with Gasteiger partial charge in [-0.1, -0.05) is 59.7 Å².